The molecule has 1 aliphatic rings. The summed E-state index contributed by atoms with van der Waals surface area (Å²) in [5, 5.41) is 0.319. The lowest BCUT2D eigenvalue weighted by atomic mass is 10.3. The van der Waals surface area contributed by atoms with Crippen LogP contribution < -0.4 is 0 Å². The van der Waals surface area contributed by atoms with E-state index in [1.54, 1.807) is 6.92 Å². The molecule has 0 radical (unpaired) electrons. The summed E-state index contributed by atoms with van der Waals surface area (Å²) in [6.45, 7) is 5.89. The van der Waals surface area contributed by atoms with E-state index < -0.39 is 22.7 Å². The molecule has 1 aromatic heterocycles. The van der Waals surface area contributed by atoms with Crippen molar-refractivity contribution < 1.29 is 22.7 Å². The Kier molecular flexibility index (Phi) is 5.99. The van der Waals surface area contributed by atoms with Crippen LogP contribution in [0.1, 0.15) is 27.3 Å². The zero-order valence-electron chi connectivity index (χ0n) is 13.2. The van der Waals surface area contributed by atoms with Crippen LogP contribution in [0.5, 0.6) is 0 Å². The molecule has 2 rings (SSSR count). The largest absolute Gasteiger partial charge is 0.462 e. The van der Waals surface area contributed by atoms with Gasteiger partial charge in [0.2, 0.25) is 0 Å². The molecule has 1 aromatic rings. The first-order valence-electron chi connectivity index (χ1n) is 7.46. The van der Waals surface area contributed by atoms with Crippen molar-refractivity contribution >= 4 is 17.3 Å². The smallest absolute Gasteiger partial charge is 0.435 e. The molecule has 0 unspecified atom stereocenters. The summed E-state index contributed by atoms with van der Waals surface area (Å²) >= 11 is 0.781. The molecule has 9 heteroatoms. The van der Waals surface area contributed by atoms with Gasteiger partial charge in [-0.05, 0) is 14.0 Å². The van der Waals surface area contributed by atoms with Gasteiger partial charge in [0.05, 0.1) is 11.6 Å². The Morgan fingerprint density at radius 1 is 1.30 bits per heavy atom. The summed E-state index contributed by atoms with van der Waals surface area (Å²) in [5.74, 6) is -0.955. The Labute approximate surface area is 137 Å². The number of ether oxygens (including phenoxy) is 1. The van der Waals surface area contributed by atoms with Crippen molar-refractivity contribution in [3.63, 3.8) is 0 Å². The summed E-state index contributed by atoms with van der Waals surface area (Å²) in [4.78, 5) is 19.3. The fourth-order valence-electron chi connectivity index (χ4n) is 2.32. The van der Waals surface area contributed by atoms with Gasteiger partial charge in [0.25, 0.3) is 0 Å². The molecule has 0 atom stereocenters. The summed E-state index contributed by atoms with van der Waals surface area (Å²) in [6, 6.07) is 0. The van der Waals surface area contributed by atoms with Gasteiger partial charge in [-0.3, -0.25) is 0 Å². The van der Waals surface area contributed by atoms with Gasteiger partial charge in [0.15, 0.2) is 5.69 Å². The van der Waals surface area contributed by atoms with Crippen LogP contribution in [0.2, 0.25) is 0 Å². The van der Waals surface area contributed by atoms with Crippen molar-refractivity contribution in [1.29, 1.82) is 0 Å². The van der Waals surface area contributed by atoms with Crippen molar-refractivity contribution in [3.8, 4) is 0 Å². The van der Waals surface area contributed by atoms with Gasteiger partial charge in [-0.15, -0.1) is 11.3 Å². The van der Waals surface area contributed by atoms with E-state index in [0.717, 1.165) is 37.5 Å². The van der Waals surface area contributed by atoms with E-state index in [1.165, 1.54) is 0 Å². The minimum atomic E-state index is -4.65. The van der Waals surface area contributed by atoms with E-state index in [-0.39, 0.29) is 6.61 Å². The van der Waals surface area contributed by atoms with Crippen LogP contribution in [-0.4, -0.2) is 67.1 Å². The normalized spacial score (nSPS) is 17.4. The topological polar surface area (TPSA) is 45.7 Å². The Morgan fingerprint density at radius 2 is 1.96 bits per heavy atom. The first-order valence-corrected chi connectivity index (χ1v) is 8.27. The Morgan fingerprint density at radius 3 is 2.52 bits per heavy atom. The van der Waals surface area contributed by atoms with Crippen molar-refractivity contribution in [2.24, 2.45) is 0 Å². The van der Waals surface area contributed by atoms with Gasteiger partial charge in [0.1, 0.15) is 4.88 Å². The van der Waals surface area contributed by atoms with E-state index in [2.05, 4.69) is 14.8 Å². The molecule has 5 nitrogen and oxygen atoms in total. The molecule has 1 aliphatic heterocycles. The summed E-state index contributed by atoms with van der Waals surface area (Å²) in [7, 11) is 2.04. The fourth-order valence-corrected chi connectivity index (χ4v) is 3.29. The maximum atomic E-state index is 13.0. The maximum Gasteiger partial charge on any atom is 0.435 e. The SMILES string of the molecule is CCOC(=O)c1sc(CCN2CCN(C)CC2)nc1C(F)(F)F. The van der Waals surface area contributed by atoms with E-state index in [1.807, 2.05) is 7.05 Å². The van der Waals surface area contributed by atoms with E-state index >= 15 is 0 Å². The second-order valence-corrected chi connectivity index (χ2v) is 6.48. The predicted molar refractivity (Wildman–Crippen MR) is 80.7 cm³/mol. The van der Waals surface area contributed by atoms with Gasteiger partial charge in [0, 0.05) is 39.1 Å². The van der Waals surface area contributed by atoms with E-state index in [4.69, 9.17) is 4.74 Å². The lowest BCUT2D eigenvalue weighted by Gasteiger charge is -2.32. The molecule has 1 fully saturated rings. The number of esters is 1. The Hall–Kier alpha value is -1.19. The molecule has 0 bridgehead atoms. The number of nitrogens with zero attached hydrogens (tertiary/aromatic N) is 3. The van der Waals surface area contributed by atoms with E-state index in [0.29, 0.717) is 18.0 Å². The molecule has 0 saturated carbocycles. The zero-order chi connectivity index (χ0) is 17.0. The zero-order valence-corrected chi connectivity index (χ0v) is 14.0. The number of hydrogen-bond donors (Lipinski definition) is 0. The van der Waals surface area contributed by atoms with Gasteiger partial charge >= 0.3 is 12.1 Å². The maximum absolute atomic E-state index is 13.0. The van der Waals surface area contributed by atoms with Crippen LogP contribution in [0, 0.1) is 0 Å². The van der Waals surface area contributed by atoms with Gasteiger partial charge in [-0.25, -0.2) is 9.78 Å². The second kappa shape index (κ2) is 7.59. The number of halogens is 3. The number of hydrogen-bond acceptors (Lipinski definition) is 6. The number of likely N-dealkylation sites (N-methyl/N-ethyl adjacent to an activating group) is 1. The Bertz CT molecular complexity index is 540. The third kappa shape index (κ3) is 4.89. The van der Waals surface area contributed by atoms with Gasteiger partial charge in [-0.2, -0.15) is 13.2 Å². The number of alkyl halides is 3. The molecule has 2 heterocycles. The highest BCUT2D eigenvalue weighted by Gasteiger charge is 2.40. The van der Waals surface area contributed by atoms with Crippen LogP contribution in [0.4, 0.5) is 13.2 Å². The molecule has 0 aliphatic carbocycles. The van der Waals surface area contributed by atoms with Gasteiger partial charge < -0.3 is 14.5 Å². The van der Waals surface area contributed by atoms with Gasteiger partial charge in [-0.1, -0.05) is 0 Å². The predicted octanol–water partition coefficient (Wildman–Crippen LogP) is 2.13. The highest BCUT2D eigenvalue weighted by atomic mass is 32.1. The number of piperazine rings is 1. The molecule has 0 N–H and O–H groups in total. The lowest BCUT2D eigenvalue weighted by Crippen LogP contribution is -2.45. The second-order valence-electron chi connectivity index (χ2n) is 5.40. The molecule has 0 amide bonds. The van der Waals surface area contributed by atoms with Crippen molar-refractivity contribution in [1.82, 2.24) is 14.8 Å². The molecular weight excluding hydrogens is 331 g/mol. The number of carbonyl (C=O) groups is 1. The number of rotatable bonds is 5. The summed E-state index contributed by atoms with van der Waals surface area (Å²) in [6.07, 6.45) is -4.25. The first-order chi connectivity index (χ1) is 10.8. The third-order valence-corrected chi connectivity index (χ3v) is 4.73. The van der Waals surface area contributed by atoms with Crippen LogP contribution in [0.15, 0.2) is 0 Å². The molecule has 0 spiro atoms. The number of aromatic nitrogens is 1. The molecule has 130 valence electrons. The average Bonchev–Trinajstić information content (AvgIpc) is 2.91. The monoisotopic (exact) mass is 351 g/mol. The lowest BCUT2D eigenvalue weighted by molar-refractivity contribution is -0.141. The highest BCUT2D eigenvalue weighted by Crippen LogP contribution is 2.35. The first kappa shape index (κ1) is 18.2. The van der Waals surface area contributed by atoms with E-state index in [9.17, 15) is 18.0 Å². The molecule has 1 saturated heterocycles. The van der Waals surface area contributed by atoms with Crippen LogP contribution in [0.25, 0.3) is 0 Å². The quantitative estimate of drug-likeness (QED) is 0.761. The Balaban J connectivity index is 2.06. The fraction of sp³-hybridized carbons (Fsp3) is 0.714. The van der Waals surface area contributed by atoms with Crippen LogP contribution in [0.3, 0.4) is 0 Å². The molecule has 23 heavy (non-hydrogen) atoms. The number of thiazole rings is 1. The van der Waals surface area contributed by atoms with Crippen molar-refractivity contribution in [2.75, 3.05) is 46.4 Å². The molecular formula is C14H20F3N3O2S. The number of carbonyl (C=O) groups excluding carboxylic acids is 1. The standard InChI is InChI=1S/C14H20F3N3O2S/c1-3-22-13(21)11-12(14(15,16)17)18-10(23-11)4-5-20-8-6-19(2)7-9-20/h3-9H2,1-2H3. The minimum Gasteiger partial charge on any atom is -0.462 e. The highest BCUT2D eigenvalue weighted by molar-refractivity contribution is 7.13. The van der Waals surface area contributed by atoms with Crippen LogP contribution >= 0.6 is 11.3 Å². The van der Waals surface area contributed by atoms with Crippen molar-refractivity contribution in [2.45, 2.75) is 19.5 Å². The van der Waals surface area contributed by atoms with Crippen molar-refractivity contribution in [3.05, 3.63) is 15.6 Å². The minimum absolute atomic E-state index is 0.0324. The summed E-state index contributed by atoms with van der Waals surface area (Å²) in [5.41, 5.74) is -1.13. The van der Waals surface area contributed by atoms with Crippen LogP contribution in [-0.2, 0) is 17.3 Å². The third-order valence-electron chi connectivity index (χ3n) is 3.64. The molecule has 0 aromatic carbocycles. The summed E-state index contributed by atoms with van der Waals surface area (Å²) < 4.78 is 43.8. The average molecular weight is 351 g/mol.